The molecule has 1 aliphatic heterocycles. The molecule has 0 bridgehead atoms. The highest BCUT2D eigenvalue weighted by Gasteiger charge is 2.28. The largest absolute Gasteiger partial charge is 0.360 e. The second kappa shape index (κ2) is 5.71. The number of hydrogen-bond donors (Lipinski definition) is 0. The van der Waals surface area contributed by atoms with E-state index in [0.29, 0.717) is 6.54 Å². The molecule has 104 valence electrons. The van der Waals surface area contributed by atoms with Gasteiger partial charge in [0.25, 0.3) is 0 Å². The van der Waals surface area contributed by atoms with Gasteiger partial charge in [0.1, 0.15) is 5.92 Å². The normalized spacial score (nSPS) is 17.8. The second-order valence-corrected chi connectivity index (χ2v) is 5.98. The Morgan fingerprint density at radius 3 is 2.52 bits per heavy atom. The number of benzene rings is 2. The number of anilines is 1. The van der Waals surface area contributed by atoms with E-state index in [9.17, 15) is 10.1 Å². The van der Waals surface area contributed by atoms with Gasteiger partial charge in [-0.05, 0) is 35.4 Å². The van der Waals surface area contributed by atoms with Crippen LogP contribution in [0, 0.1) is 11.3 Å². The molecule has 1 unspecified atom stereocenters. The van der Waals surface area contributed by atoms with Crippen molar-refractivity contribution < 1.29 is 4.79 Å². The number of carbonyl (C=O) groups excluding carboxylic acids is 1. The van der Waals surface area contributed by atoms with E-state index >= 15 is 0 Å². The van der Waals surface area contributed by atoms with Crippen LogP contribution < -0.4 is 4.90 Å². The second-order valence-electron chi connectivity index (χ2n) is 5.06. The molecule has 2 aromatic carbocycles. The van der Waals surface area contributed by atoms with Gasteiger partial charge in [0, 0.05) is 16.7 Å². The summed E-state index contributed by atoms with van der Waals surface area (Å²) in [6, 6.07) is 17.7. The molecule has 0 amide bonds. The number of nitriles is 1. The predicted octanol–water partition coefficient (Wildman–Crippen LogP) is 3.65. The summed E-state index contributed by atoms with van der Waals surface area (Å²) in [5, 5.41) is 9.33. The lowest BCUT2D eigenvalue weighted by Crippen LogP contribution is -2.28. The lowest BCUT2D eigenvalue weighted by Gasteiger charge is -2.22. The van der Waals surface area contributed by atoms with E-state index in [2.05, 4.69) is 22.0 Å². The third-order valence-electron chi connectivity index (χ3n) is 3.72. The highest BCUT2D eigenvalue weighted by molar-refractivity contribution is 9.10. The third-order valence-corrected chi connectivity index (χ3v) is 4.25. The van der Waals surface area contributed by atoms with Crippen LogP contribution in [-0.4, -0.2) is 12.3 Å². The zero-order chi connectivity index (χ0) is 14.8. The molecule has 0 aromatic heterocycles. The van der Waals surface area contributed by atoms with Gasteiger partial charge >= 0.3 is 0 Å². The van der Waals surface area contributed by atoms with Crippen molar-refractivity contribution in [1.29, 1.82) is 5.26 Å². The number of carbonyl (C=O) groups is 1. The number of fused-ring (bicyclic) bond motifs is 1. The van der Waals surface area contributed by atoms with Crippen molar-refractivity contribution in [2.75, 3.05) is 11.4 Å². The van der Waals surface area contributed by atoms with Crippen LogP contribution in [0.5, 0.6) is 0 Å². The number of rotatable bonds is 1. The molecular formula is C17H13BrN2O. The van der Waals surface area contributed by atoms with Crippen LogP contribution in [0.25, 0.3) is 0 Å². The van der Waals surface area contributed by atoms with Gasteiger partial charge in [-0.25, -0.2) is 0 Å². The average Bonchev–Trinajstić information content (AvgIpc) is 2.63. The van der Waals surface area contributed by atoms with E-state index in [-0.39, 0.29) is 12.3 Å². The molecule has 2 aromatic rings. The molecule has 21 heavy (non-hydrogen) atoms. The van der Waals surface area contributed by atoms with Crippen molar-refractivity contribution in [3.63, 3.8) is 0 Å². The van der Waals surface area contributed by atoms with Crippen LogP contribution in [0.3, 0.4) is 0 Å². The van der Waals surface area contributed by atoms with E-state index in [4.69, 9.17) is 0 Å². The minimum atomic E-state index is -0.665. The molecule has 1 aliphatic rings. The minimum Gasteiger partial charge on any atom is -0.360 e. The zero-order valence-corrected chi connectivity index (χ0v) is 12.9. The van der Waals surface area contributed by atoms with E-state index in [1.54, 1.807) is 0 Å². The van der Waals surface area contributed by atoms with Gasteiger partial charge in [0.15, 0.2) is 5.78 Å². The first kappa shape index (κ1) is 13.8. The van der Waals surface area contributed by atoms with Gasteiger partial charge in [0.05, 0.1) is 12.6 Å². The van der Waals surface area contributed by atoms with E-state index in [0.717, 1.165) is 21.3 Å². The lowest BCUT2D eigenvalue weighted by atomic mass is 9.93. The van der Waals surface area contributed by atoms with Crippen molar-refractivity contribution in [1.82, 2.24) is 0 Å². The maximum Gasteiger partial charge on any atom is 0.173 e. The van der Waals surface area contributed by atoms with Gasteiger partial charge in [-0.1, -0.05) is 40.2 Å². The van der Waals surface area contributed by atoms with Crippen LogP contribution >= 0.6 is 15.9 Å². The molecule has 1 heterocycles. The topological polar surface area (TPSA) is 44.1 Å². The molecule has 0 spiro atoms. The predicted molar refractivity (Wildman–Crippen MR) is 85.0 cm³/mol. The molecule has 0 aliphatic carbocycles. The van der Waals surface area contributed by atoms with E-state index < -0.39 is 5.92 Å². The number of Topliss-reactive ketones (excluding diaryl/α,β-unsaturated/α-hetero) is 1. The quantitative estimate of drug-likeness (QED) is 0.795. The van der Waals surface area contributed by atoms with Crippen LogP contribution in [0.4, 0.5) is 5.69 Å². The van der Waals surface area contributed by atoms with Crippen LogP contribution in [0.2, 0.25) is 0 Å². The number of hydrogen-bond acceptors (Lipinski definition) is 3. The van der Waals surface area contributed by atoms with Gasteiger partial charge in [-0.15, -0.1) is 0 Å². The van der Waals surface area contributed by atoms with Crippen LogP contribution in [0.15, 0.2) is 53.0 Å². The standard InChI is InChI=1S/C17H13BrN2O/c18-13-5-7-14(8-6-13)20-10-12-3-1-2-4-15(12)16(9-19)17(21)11-20/h1-8,16H,10-11H2. The summed E-state index contributed by atoms with van der Waals surface area (Å²) in [4.78, 5) is 14.4. The van der Waals surface area contributed by atoms with Crippen molar-refractivity contribution in [3.05, 3.63) is 64.1 Å². The molecule has 0 N–H and O–H groups in total. The summed E-state index contributed by atoms with van der Waals surface area (Å²) in [5.74, 6) is -0.716. The van der Waals surface area contributed by atoms with Crippen LogP contribution in [0.1, 0.15) is 17.0 Å². The molecular weight excluding hydrogens is 328 g/mol. The first-order valence-electron chi connectivity index (χ1n) is 6.69. The Kier molecular flexibility index (Phi) is 3.76. The SMILES string of the molecule is N#CC1C(=O)CN(c2ccc(Br)cc2)Cc2ccccc21. The Labute approximate surface area is 131 Å². The molecule has 1 atom stereocenters. The first-order chi connectivity index (χ1) is 10.2. The number of halogens is 1. The minimum absolute atomic E-state index is 0.0506. The molecule has 3 rings (SSSR count). The number of ketones is 1. The van der Waals surface area contributed by atoms with Gasteiger partial charge < -0.3 is 4.90 Å². The third kappa shape index (κ3) is 2.70. The highest BCUT2D eigenvalue weighted by Crippen LogP contribution is 2.29. The maximum absolute atomic E-state index is 12.4. The summed E-state index contributed by atoms with van der Waals surface area (Å²) in [6.45, 7) is 0.899. The average molecular weight is 341 g/mol. The van der Waals surface area contributed by atoms with Gasteiger partial charge in [-0.3, -0.25) is 4.79 Å². The Bertz CT molecular complexity index is 718. The summed E-state index contributed by atoms with van der Waals surface area (Å²) in [6.07, 6.45) is 0. The van der Waals surface area contributed by atoms with Crippen molar-refractivity contribution in [2.24, 2.45) is 0 Å². The number of nitrogens with zero attached hydrogens (tertiary/aromatic N) is 2. The summed E-state index contributed by atoms with van der Waals surface area (Å²) in [7, 11) is 0. The lowest BCUT2D eigenvalue weighted by molar-refractivity contribution is -0.118. The Hall–Kier alpha value is -2.12. The summed E-state index contributed by atoms with van der Waals surface area (Å²) in [5.41, 5.74) is 2.86. The highest BCUT2D eigenvalue weighted by atomic mass is 79.9. The Balaban J connectivity index is 2.02. The van der Waals surface area contributed by atoms with Gasteiger partial charge in [-0.2, -0.15) is 5.26 Å². The van der Waals surface area contributed by atoms with E-state index in [1.807, 2.05) is 53.4 Å². The zero-order valence-electron chi connectivity index (χ0n) is 11.3. The fourth-order valence-corrected chi connectivity index (χ4v) is 2.91. The molecule has 0 saturated heterocycles. The molecule has 4 heteroatoms. The van der Waals surface area contributed by atoms with Gasteiger partial charge in [0.2, 0.25) is 0 Å². The Morgan fingerprint density at radius 1 is 1.10 bits per heavy atom. The van der Waals surface area contributed by atoms with Crippen molar-refractivity contribution in [2.45, 2.75) is 12.5 Å². The van der Waals surface area contributed by atoms with Crippen LogP contribution in [-0.2, 0) is 11.3 Å². The van der Waals surface area contributed by atoms with Crippen molar-refractivity contribution in [3.8, 4) is 6.07 Å². The summed E-state index contributed by atoms with van der Waals surface area (Å²) < 4.78 is 1.00. The van der Waals surface area contributed by atoms with Crippen molar-refractivity contribution >= 4 is 27.4 Å². The smallest absolute Gasteiger partial charge is 0.173 e. The molecule has 0 fully saturated rings. The fourth-order valence-electron chi connectivity index (χ4n) is 2.65. The summed E-state index contributed by atoms with van der Waals surface area (Å²) >= 11 is 3.41. The maximum atomic E-state index is 12.4. The fraction of sp³-hybridized carbons (Fsp3) is 0.176. The van der Waals surface area contributed by atoms with E-state index in [1.165, 1.54) is 0 Å². The molecule has 0 radical (unpaired) electrons. The molecule has 0 saturated carbocycles. The first-order valence-corrected chi connectivity index (χ1v) is 7.49. The monoisotopic (exact) mass is 340 g/mol. The molecule has 3 nitrogen and oxygen atoms in total. The Morgan fingerprint density at radius 2 is 1.81 bits per heavy atom.